The number of hydrogen-bond donors (Lipinski definition) is 1. The van der Waals surface area contributed by atoms with Crippen molar-refractivity contribution in [3.05, 3.63) is 0 Å². The fraction of sp³-hybridized carbons (Fsp3) is 0.900. The molecule has 0 aliphatic heterocycles. The van der Waals surface area contributed by atoms with Crippen molar-refractivity contribution in [2.45, 2.75) is 44.6 Å². The van der Waals surface area contributed by atoms with Gasteiger partial charge in [0, 0.05) is 6.42 Å². The minimum atomic E-state index is -0.919. The van der Waals surface area contributed by atoms with Crippen molar-refractivity contribution in [3.63, 3.8) is 0 Å². The highest BCUT2D eigenvalue weighted by molar-refractivity contribution is 5.90. The Balaban J connectivity index is 2.27. The maximum atomic E-state index is 11.5. The molecule has 2 heteroatoms. The third kappa shape index (κ3) is 0.939. The molecule has 0 saturated heterocycles. The van der Waals surface area contributed by atoms with Gasteiger partial charge in [-0.3, -0.25) is 4.79 Å². The number of carbonyl (C=O) groups excluding carboxylic acids is 1. The molecule has 1 N–H and O–H groups in total. The van der Waals surface area contributed by atoms with E-state index in [1.807, 2.05) is 0 Å². The van der Waals surface area contributed by atoms with Crippen LogP contribution in [-0.2, 0) is 4.79 Å². The van der Waals surface area contributed by atoms with Crippen molar-refractivity contribution < 1.29 is 9.90 Å². The summed E-state index contributed by atoms with van der Waals surface area (Å²) in [5, 5.41) is 10.1. The number of aliphatic hydroxyl groups is 1. The Morgan fingerprint density at radius 1 is 1.50 bits per heavy atom. The summed E-state index contributed by atoms with van der Waals surface area (Å²) in [5.41, 5.74) is -0.919. The summed E-state index contributed by atoms with van der Waals surface area (Å²) < 4.78 is 0. The van der Waals surface area contributed by atoms with E-state index in [0.717, 1.165) is 12.8 Å². The summed E-state index contributed by atoms with van der Waals surface area (Å²) >= 11 is 0. The Bertz CT molecular complexity index is 212. The van der Waals surface area contributed by atoms with E-state index in [1.54, 1.807) is 0 Å². The molecule has 68 valence electrons. The normalized spacial score (nSPS) is 47.7. The third-order valence-electron chi connectivity index (χ3n) is 3.61. The first-order valence-corrected chi connectivity index (χ1v) is 4.90. The van der Waals surface area contributed by atoms with Crippen molar-refractivity contribution in [3.8, 4) is 0 Å². The second-order valence-corrected chi connectivity index (χ2v) is 4.38. The highest BCUT2D eigenvalue weighted by Crippen LogP contribution is 2.46. The van der Waals surface area contributed by atoms with Crippen LogP contribution in [0.3, 0.4) is 0 Å². The van der Waals surface area contributed by atoms with Gasteiger partial charge >= 0.3 is 0 Å². The summed E-state index contributed by atoms with van der Waals surface area (Å²) in [5.74, 6) is 0.765. The summed E-state index contributed by atoms with van der Waals surface area (Å²) in [4.78, 5) is 11.5. The lowest BCUT2D eigenvalue weighted by molar-refractivity contribution is -0.139. The molecule has 2 rings (SSSR count). The Labute approximate surface area is 73.0 Å². The number of fused-ring (bicyclic) bond motifs is 1. The van der Waals surface area contributed by atoms with E-state index < -0.39 is 5.60 Å². The fourth-order valence-corrected chi connectivity index (χ4v) is 2.90. The molecule has 2 aliphatic carbocycles. The summed E-state index contributed by atoms with van der Waals surface area (Å²) in [6, 6.07) is 0. The van der Waals surface area contributed by atoms with Gasteiger partial charge in [0.05, 0.1) is 0 Å². The van der Waals surface area contributed by atoms with Crippen LogP contribution in [0.1, 0.15) is 39.0 Å². The van der Waals surface area contributed by atoms with Crippen molar-refractivity contribution in [2.24, 2.45) is 11.8 Å². The molecule has 2 nitrogen and oxygen atoms in total. The number of rotatable bonds is 0. The molecular weight excluding hydrogens is 152 g/mol. The smallest absolute Gasteiger partial charge is 0.164 e. The minimum absolute atomic E-state index is 0.0969. The van der Waals surface area contributed by atoms with Crippen LogP contribution in [0.4, 0.5) is 0 Å². The zero-order valence-corrected chi connectivity index (χ0v) is 7.55. The molecule has 0 unspecified atom stereocenters. The molecule has 2 aliphatic rings. The van der Waals surface area contributed by atoms with Crippen molar-refractivity contribution in [2.75, 3.05) is 0 Å². The second kappa shape index (κ2) is 2.56. The van der Waals surface area contributed by atoms with Gasteiger partial charge in [0.15, 0.2) is 5.78 Å². The largest absolute Gasteiger partial charge is 0.382 e. The molecule has 0 radical (unpaired) electrons. The average molecular weight is 168 g/mol. The highest BCUT2D eigenvalue weighted by Gasteiger charge is 2.52. The molecule has 3 atom stereocenters. The van der Waals surface area contributed by atoms with Gasteiger partial charge in [0.2, 0.25) is 0 Å². The Morgan fingerprint density at radius 3 is 2.92 bits per heavy atom. The molecule has 2 fully saturated rings. The number of Topliss-reactive ketones (excluding diaryl/α,β-unsaturated/α-hetero) is 1. The molecule has 0 bridgehead atoms. The van der Waals surface area contributed by atoms with E-state index in [1.165, 1.54) is 6.42 Å². The molecule has 0 aromatic carbocycles. The van der Waals surface area contributed by atoms with Crippen molar-refractivity contribution >= 4 is 5.78 Å². The molecule has 0 heterocycles. The number of hydrogen-bond acceptors (Lipinski definition) is 2. The van der Waals surface area contributed by atoms with Gasteiger partial charge in [-0.15, -0.1) is 0 Å². The SMILES string of the molecule is C[C@@H]1CC(=O)[C@@]2(O)CCCC[C@@H]12. The van der Waals surface area contributed by atoms with Gasteiger partial charge < -0.3 is 5.11 Å². The van der Waals surface area contributed by atoms with Gasteiger partial charge in [-0.2, -0.15) is 0 Å². The van der Waals surface area contributed by atoms with Gasteiger partial charge in [-0.1, -0.05) is 19.8 Å². The van der Waals surface area contributed by atoms with Gasteiger partial charge in [-0.05, 0) is 24.7 Å². The zero-order chi connectivity index (χ0) is 8.77. The van der Waals surface area contributed by atoms with Crippen molar-refractivity contribution in [1.82, 2.24) is 0 Å². The number of carbonyl (C=O) groups is 1. The Kier molecular flexibility index (Phi) is 1.76. The van der Waals surface area contributed by atoms with E-state index in [9.17, 15) is 9.90 Å². The molecule has 0 aromatic heterocycles. The average Bonchev–Trinajstić information content (AvgIpc) is 2.25. The van der Waals surface area contributed by atoms with E-state index >= 15 is 0 Å². The van der Waals surface area contributed by atoms with Crippen LogP contribution in [-0.4, -0.2) is 16.5 Å². The minimum Gasteiger partial charge on any atom is -0.382 e. The van der Waals surface area contributed by atoms with Gasteiger partial charge in [-0.25, -0.2) is 0 Å². The maximum absolute atomic E-state index is 11.5. The zero-order valence-electron chi connectivity index (χ0n) is 7.55. The molecule has 2 saturated carbocycles. The lowest BCUT2D eigenvalue weighted by Crippen LogP contribution is -2.43. The van der Waals surface area contributed by atoms with Crippen LogP contribution in [0.2, 0.25) is 0 Å². The first-order valence-electron chi connectivity index (χ1n) is 4.90. The molecular formula is C10H16O2. The maximum Gasteiger partial charge on any atom is 0.164 e. The van der Waals surface area contributed by atoms with Crippen LogP contribution in [0.5, 0.6) is 0 Å². The van der Waals surface area contributed by atoms with E-state index in [2.05, 4.69) is 6.92 Å². The molecule has 0 amide bonds. The van der Waals surface area contributed by atoms with Gasteiger partial charge in [0.25, 0.3) is 0 Å². The van der Waals surface area contributed by atoms with Crippen molar-refractivity contribution in [1.29, 1.82) is 0 Å². The lowest BCUT2D eigenvalue weighted by atomic mass is 9.75. The topological polar surface area (TPSA) is 37.3 Å². The summed E-state index contributed by atoms with van der Waals surface area (Å²) in [6.45, 7) is 2.09. The second-order valence-electron chi connectivity index (χ2n) is 4.38. The first kappa shape index (κ1) is 8.24. The Hall–Kier alpha value is -0.370. The van der Waals surface area contributed by atoms with E-state index in [4.69, 9.17) is 0 Å². The monoisotopic (exact) mass is 168 g/mol. The predicted octanol–water partition coefficient (Wildman–Crippen LogP) is 1.52. The standard InChI is InChI=1S/C10H16O2/c1-7-6-9(11)10(12)5-3-2-4-8(7)10/h7-8,12H,2-6H2,1H3/t7-,8+,10-/m1/s1. The van der Waals surface area contributed by atoms with Gasteiger partial charge in [0.1, 0.15) is 5.60 Å². The van der Waals surface area contributed by atoms with Crippen LogP contribution in [0, 0.1) is 11.8 Å². The summed E-state index contributed by atoms with van der Waals surface area (Å²) in [6.07, 6.45) is 4.56. The first-order chi connectivity index (χ1) is 5.64. The molecule has 0 spiro atoms. The predicted molar refractivity (Wildman–Crippen MR) is 45.7 cm³/mol. The van der Waals surface area contributed by atoms with Crippen LogP contribution in [0.15, 0.2) is 0 Å². The summed E-state index contributed by atoms with van der Waals surface area (Å²) in [7, 11) is 0. The van der Waals surface area contributed by atoms with E-state index in [0.29, 0.717) is 18.8 Å². The fourth-order valence-electron chi connectivity index (χ4n) is 2.90. The lowest BCUT2D eigenvalue weighted by Gasteiger charge is -2.34. The molecule has 0 aromatic rings. The number of ketones is 1. The highest BCUT2D eigenvalue weighted by atomic mass is 16.3. The molecule has 12 heavy (non-hydrogen) atoms. The van der Waals surface area contributed by atoms with Crippen LogP contribution >= 0.6 is 0 Å². The quantitative estimate of drug-likeness (QED) is 0.595. The Morgan fingerprint density at radius 2 is 2.25 bits per heavy atom. The van der Waals surface area contributed by atoms with Crippen LogP contribution in [0.25, 0.3) is 0 Å². The van der Waals surface area contributed by atoms with Crippen LogP contribution < -0.4 is 0 Å². The van der Waals surface area contributed by atoms with E-state index in [-0.39, 0.29) is 11.7 Å². The third-order valence-corrected chi connectivity index (χ3v) is 3.61.